The van der Waals surface area contributed by atoms with Crippen molar-refractivity contribution in [3.63, 3.8) is 0 Å². The molecule has 0 fully saturated rings. The molecule has 24 heavy (non-hydrogen) atoms. The van der Waals surface area contributed by atoms with Gasteiger partial charge in [-0.25, -0.2) is 0 Å². The Kier molecular flexibility index (Phi) is 4.27. The lowest BCUT2D eigenvalue weighted by Gasteiger charge is -2.06. The predicted molar refractivity (Wildman–Crippen MR) is 95.8 cm³/mol. The number of hydrogen-bond acceptors (Lipinski definition) is 4. The third kappa shape index (κ3) is 2.86. The van der Waals surface area contributed by atoms with Gasteiger partial charge in [-0.15, -0.1) is 11.3 Å². The largest absolute Gasteiger partial charge is 0.289 e. The summed E-state index contributed by atoms with van der Waals surface area (Å²) in [4.78, 5) is 25.3. The minimum Gasteiger partial charge on any atom is -0.289 e. The van der Waals surface area contributed by atoms with Crippen molar-refractivity contribution in [1.29, 1.82) is 0 Å². The molecular weight excluding hydrogens is 322 g/mol. The van der Waals surface area contributed by atoms with Crippen LogP contribution in [0.4, 0.5) is 5.69 Å². The Balaban J connectivity index is 2.08. The van der Waals surface area contributed by atoms with E-state index in [2.05, 4.69) is 0 Å². The van der Waals surface area contributed by atoms with Crippen LogP contribution in [0.3, 0.4) is 0 Å². The maximum absolute atomic E-state index is 13.0. The highest BCUT2D eigenvalue weighted by atomic mass is 32.1. The topological polar surface area (TPSA) is 60.2 Å². The van der Waals surface area contributed by atoms with Gasteiger partial charge in [0.15, 0.2) is 5.78 Å². The Hall–Kier alpha value is -2.79. The van der Waals surface area contributed by atoms with Crippen LogP contribution in [-0.4, -0.2) is 10.7 Å². The first-order valence-corrected chi connectivity index (χ1v) is 8.25. The maximum atomic E-state index is 13.0. The highest BCUT2D eigenvalue weighted by Crippen LogP contribution is 2.37. The summed E-state index contributed by atoms with van der Waals surface area (Å²) in [7, 11) is 0. The van der Waals surface area contributed by atoms with Gasteiger partial charge >= 0.3 is 0 Å². The monoisotopic (exact) mass is 337 g/mol. The van der Waals surface area contributed by atoms with Crippen LogP contribution in [0.5, 0.6) is 0 Å². The summed E-state index contributed by atoms with van der Waals surface area (Å²) < 4.78 is 0. The van der Waals surface area contributed by atoms with Gasteiger partial charge in [-0.3, -0.25) is 14.9 Å². The average Bonchev–Trinajstić information content (AvgIpc) is 2.90. The summed E-state index contributed by atoms with van der Waals surface area (Å²) in [5, 5.41) is 10.8. The van der Waals surface area contributed by atoms with E-state index >= 15 is 0 Å². The number of aryl methyl sites for hydroxylation is 1. The van der Waals surface area contributed by atoms with Crippen molar-refractivity contribution in [2.75, 3.05) is 0 Å². The number of nitrogens with zero attached hydrogens (tertiary/aromatic N) is 1. The van der Waals surface area contributed by atoms with Gasteiger partial charge in [0.05, 0.1) is 4.92 Å². The van der Waals surface area contributed by atoms with Gasteiger partial charge in [-0.05, 0) is 37.1 Å². The molecule has 0 aliphatic rings. The Labute approximate surface area is 143 Å². The Morgan fingerprint density at radius 3 is 2.21 bits per heavy atom. The van der Waals surface area contributed by atoms with Crippen molar-refractivity contribution in [1.82, 2.24) is 0 Å². The number of carbonyl (C=O) groups excluding carboxylic acids is 1. The molecule has 0 unspecified atom stereocenters. The number of nitro benzene ring substituents is 1. The van der Waals surface area contributed by atoms with E-state index in [0.29, 0.717) is 11.1 Å². The molecule has 0 radical (unpaired) electrons. The molecular formula is C19H15NO3S. The van der Waals surface area contributed by atoms with E-state index < -0.39 is 4.92 Å². The third-order valence-electron chi connectivity index (χ3n) is 3.99. The second-order valence-electron chi connectivity index (χ2n) is 5.49. The molecule has 0 aliphatic heterocycles. The minimum atomic E-state index is -0.469. The van der Waals surface area contributed by atoms with E-state index in [0.717, 1.165) is 20.9 Å². The molecule has 120 valence electrons. The van der Waals surface area contributed by atoms with Crippen LogP contribution in [0.2, 0.25) is 0 Å². The standard InChI is InChI=1S/C19H15NO3S/c1-12-13(2)24-19(15-6-4-3-5-7-15)17(12)18(21)14-8-10-16(11-9-14)20(22)23/h3-11H,1-2H3. The summed E-state index contributed by atoms with van der Waals surface area (Å²) in [6, 6.07) is 15.6. The average molecular weight is 337 g/mol. The van der Waals surface area contributed by atoms with Crippen LogP contribution < -0.4 is 0 Å². The molecule has 0 saturated heterocycles. The first kappa shape index (κ1) is 16.1. The first-order valence-electron chi connectivity index (χ1n) is 7.43. The summed E-state index contributed by atoms with van der Waals surface area (Å²) >= 11 is 1.60. The van der Waals surface area contributed by atoms with E-state index in [4.69, 9.17) is 0 Å². The van der Waals surface area contributed by atoms with E-state index in [1.807, 2.05) is 44.2 Å². The molecule has 0 bridgehead atoms. The number of rotatable bonds is 4. The number of nitro groups is 1. The molecule has 1 heterocycles. The maximum Gasteiger partial charge on any atom is 0.269 e. The van der Waals surface area contributed by atoms with Crippen LogP contribution in [0.15, 0.2) is 54.6 Å². The van der Waals surface area contributed by atoms with E-state index in [-0.39, 0.29) is 11.5 Å². The number of benzene rings is 2. The molecule has 0 N–H and O–H groups in total. The summed E-state index contributed by atoms with van der Waals surface area (Å²) in [6.45, 7) is 3.94. The molecule has 0 spiro atoms. The van der Waals surface area contributed by atoms with Crippen molar-refractivity contribution in [2.45, 2.75) is 13.8 Å². The smallest absolute Gasteiger partial charge is 0.269 e. The molecule has 3 rings (SSSR count). The van der Waals surface area contributed by atoms with Gasteiger partial charge in [0.25, 0.3) is 5.69 Å². The van der Waals surface area contributed by atoms with E-state index in [9.17, 15) is 14.9 Å². The van der Waals surface area contributed by atoms with Crippen molar-refractivity contribution < 1.29 is 9.72 Å². The summed E-state index contributed by atoms with van der Waals surface area (Å²) in [5.41, 5.74) is 3.08. The van der Waals surface area contributed by atoms with Gasteiger partial charge in [-0.1, -0.05) is 30.3 Å². The Bertz CT molecular complexity index is 912. The number of thiophene rings is 1. The highest BCUT2D eigenvalue weighted by molar-refractivity contribution is 7.16. The van der Waals surface area contributed by atoms with Gasteiger partial charge in [0, 0.05) is 33.0 Å². The fourth-order valence-electron chi connectivity index (χ4n) is 2.57. The van der Waals surface area contributed by atoms with Gasteiger partial charge in [0.2, 0.25) is 0 Å². The highest BCUT2D eigenvalue weighted by Gasteiger charge is 2.22. The number of hydrogen-bond donors (Lipinski definition) is 0. The lowest BCUT2D eigenvalue weighted by atomic mass is 9.97. The summed E-state index contributed by atoms with van der Waals surface area (Å²) in [5.74, 6) is -0.106. The van der Waals surface area contributed by atoms with E-state index in [1.165, 1.54) is 24.3 Å². The van der Waals surface area contributed by atoms with Crippen LogP contribution in [-0.2, 0) is 0 Å². The van der Waals surface area contributed by atoms with Crippen molar-refractivity contribution in [2.24, 2.45) is 0 Å². The lowest BCUT2D eigenvalue weighted by molar-refractivity contribution is -0.384. The number of carbonyl (C=O) groups is 1. The summed E-state index contributed by atoms with van der Waals surface area (Å²) in [6.07, 6.45) is 0. The molecule has 0 amide bonds. The fourth-order valence-corrected chi connectivity index (χ4v) is 3.74. The zero-order valence-electron chi connectivity index (χ0n) is 13.3. The molecule has 4 nitrogen and oxygen atoms in total. The normalized spacial score (nSPS) is 10.6. The van der Waals surface area contributed by atoms with Gasteiger partial charge in [0.1, 0.15) is 0 Å². The van der Waals surface area contributed by atoms with Crippen molar-refractivity contribution in [3.8, 4) is 10.4 Å². The molecule has 0 saturated carbocycles. The minimum absolute atomic E-state index is 0.0203. The predicted octanol–water partition coefficient (Wildman–Crippen LogP) is 5.17. The van der Waals surface area contributed by atoms with Crippen LogP contribution in [0.1, 0.15) is 26.4 Å². The number of non-ortho nitro benzene ring substituents is 1. The van der Waals surface area contributed by atoms with Gasteiger partial charge < -0.3 is 0 Å². The Morgan fingerprint density at radius 2 is 1.62 bits per heavy atom. The molecule has 2 aromatic carbocycles. The number of ketones is 1. The molecule has 1 aromatic heterocycles. The second kappa shape index (κ2) is 6.37. The molecule has 5 heteroatoms. The molecule has 3 aromatic rings. The van der Waals surface area contributed by atoms with Crippen LogP contribution in [0.25, 0.3) is 10.4 Å². The first-order chi connectivity index (χ1) is 11.5. The third-order valence-corrected chi connectivity index (χ3v) is 5.24. The van der Waals surface area contributed by atoms with Gasteiger partial charge in [-0.2, -0.15) is 0 Å². The zero-order valence-corrected chi connectivity index (χ0v) is 14.1. The lowest BCUT2D eigenvalue weighted by Crippen LogP contribution is -2.04. The van der Waals surface area contributed by atoms with Crippen LogP contribution in [0, 0.1) is 24.0 Å². The quantitative estimate of drug-likeness (QED) is 0.375. The van der Waals surface area contributed by atoms with Crippen molar-refractivity contribution in [3.05, 3.63) is 86.3 Å². The SMILES string of the molecule is Cc1sc(-c2ccccc2)c(C(=O)c2ccc([N+](=O)[O-])cc2)c1C. The zero-order chi connectivity index (χ0) is 17.3. The van der Waals surface area contributed by atoms with Crippen molar-refractivity contribution >= 4 is 22.8 Å². The molecule has 0 aliphatic carbocycles. The Morgan fingerprint density at radius 1 is 1.00 bits per heavy atom. The fraction of sp³-hybridized carbons (Fsp3) is 0.105. The van der Waals surface area contributed by atoms with E-state index in [1.54, 1.807) is 11.3 Å². The molecule has 0 atom stereocenters. The van der Waals surface area contributed by atoms with Crippen LogP contribution >= 0.6 is 11.3 Å². The second-order valence-corrected chi connectivity index (χ2v) is 6.71.